The Morgan fingerprint density at radius 3 is 2.97 bits per heavy atom. The summed E-state index contributed by atoms with van der Waals surface area (Å²) in [6.07, 6.45) is 4.56. The Bertz CT molecular complexity index is 1400. The molecule has 33 heavy (non-hydrogen) atoms. The molecule has 1 atom stereocenters. The molecule has 1 fully saturated rings. The highest BCUT2D eigenvalue weighted by molar-refractivity contribution is 7.89. The molecule has 174 valence electrons. The van der Waals surface area contributed by atoms with Crippen molar-refractivity contribution in [2.75, 3.05) is 26.2 Å². The van der Waals surface area contributed by atoms with Gasteiger partial charge in [0, 0.05) is 48.7 Å². The van der Waals surface area contributed by atoms with E-state index in [1.54, 1.807) is 18.2 Å². The molecule has 3 heterocycles. The van der Waals surface area contributed by atoms with Crippen LogP contribution in [-0.4, -0.2) is 49.2 Å². The number of nitrogens with zero attached hydrogens (tertiary/aromatic N) is 3. The Labute approximate surface area is 192 Å². The zero-order valence-electron chi connectivity index (χ0n) is 18.5. The minimum absolute atomic E-state index is 0.288. The predicted octanol–water partition coefficient (Wildman–Crippen LogP) is 3.69. The Hall–Kier alpha value is -2.75. The van der Waals surface area contributed by atoms with Crippen LogP contribution in [0.5, 0.6) is 0 Å². The van der Waals surface area contributed by atoms with E-state index in [9.17, 15) is 12.8 Å². The second-order valence-corrected chi connectivity index (χ2v) is 10.6. The summed E-state index contributed by atoms with van der Waals surface area (Å²) in [5.41, 5.74) is 2.33. The first kappa shape index (κ1) is 22.1. The molecule has 0 radical (unpaired) electrons. The van der Waals surface area contributed by atoms with Crippen LogP contribution in [0, 0.1) is 11.7 Å². The van der Waals surface area contributed by atoms with Gasteiger partial charge in [0.15, 0.2) is 5.58 Å². The third-order valence-electron chi connectivity index (χ3n) is 6.50. The summed E-state index contributed by atoms with van der Waals surface area (Å²) in [7, 11) is -1.60. The van der Waals surface area contributed by atoms with Gasteiger partial charge >= 0.3 is 0 Å². The van der Waals surface area contributed by atoms with E-state index in [1.807, 2.05) is 29.9 Å². The van der Waals surface area contributed by atoms with E-state index >= 15 is 0 Å². The second-order valence-electron chi connectivity index (χ2n) is 8.83. The molecule has 0 aliphatic carbocycles. The van der Waals surface area contributed by atoms with Gasteiger partial charge in [-0.2, -0.15) is 0 Å². The average Bonchev–Trinajstić information content (AvgIpc) is 3.51. The molecule has 1 aliphatic heterocycles. The normalized spacial score (nSPS) is 17.5. The van der Waals surface area contributed by atoms with Crippen LogP contribution in [0.3, 0.4) is 0 Å². The van der Waals surface area contributed by atoms with Gasteiger partial charge in [0.25, 0.3) is 0 Å². The van der Waals surface area contributed by atoms with Gasteiger partial charge in [-0.1, -0.05) is 5.16 Å². The van der Waals surface area contributed by atoms with E-state index in [4.69, 9.17) is 4.52 Å². The van der Waals surface area contributed by atoms with Crippen LogP contribution in [-0.2, 0) is 23.5 Å². The predicted molar refractivity (Wildman–Crippen MR) is 125 cm³/mol. The summed E-state index contributed by atoms with van der Waals surface area (Å²) in [5, 5.41) is 5.86. The third-order valence-corrected chi connectivity index (χ3v) is 7.92. The second kappa shape index (κ2) is 8.89. The van der Waals surface area contributed by atoms with Gasteiger partial charge in [-0.25, -0.2) is 17.5 Å². The number of aryl methyl sites for hydroxylation is 2. The van der Waals surface area contributed by atoms with Gasteiger partial charge in [0.2, 0.25) is 10.0 Å². The maximum Gasteiger partial charge on any atom is 0.240 e. The smallest absolute Gasteiger partial charge is 0.240 e. The number of hydrogen-bond acceptors (Lipinski definition) is 5. The van der Waals surface area contributed by atoms with Crippen molar-refractivity contribution >= 4 is 31.9 Å². The van der Waals surface area contributed by atoms with E-state index in [2.05, 4.69) is 14.8 Å². The number of benzene rings is 2. The van der Waals surface area contributed by atoms with Gasteiger partial charge in [0.05, 0.1) is 10.6 Å². The summed E-state index contributed by atoms with van der Waals surface area (Å²) in [5.74, 6) is -0.0411. The number of rotatable bonds is 8. The third kappa shape index (κ3) is 4.66. The fourth-order valence-corrected chi connectivity index (χ4v) is 5.79. The number of halogens is 1. The summed E-state index contributed by atoms with van der Waals surface area (Å²) in [4.78, 5) is 2.66. The monoisotopic (exact) mass is 470 g/mol. The highest BCUT2D eigenvalue weighted by Crippen LogP contribution is 2.23. The lowest BCUT2D eigenvalue weighted by Crippen LogP contribution is -2.31. The van der Waals surface area contributed by atoms with Crippen LogP contribution in [0.25, 0.3) is 21.9 Å². The van der Waals surface area contributed by atoms with E-state index in [-0.39, 0.29) is 11.7 Å². The van der Waals surface area contributed by atoms with Crippen molar-refractivity contribution < 1.29 is 17.3 Å². The standard InChI is InChI=1S/C24H27FN4O3S/c1-28-11-9-18-13-20(5-7-23(18)28)33(30,31)26-15-17-8-12-29(16-17)10-2-3-22-21-6-4-19(25)14-24(21)32-27-22/h4-7,9,11,13-14,17,26H,2-3,8,10,12,15-16H2,1H3. The lowest BCUT2D eigenvalue weighted by atomic mass is 10.1. The summed E-state index contributed by atoms with van der Waals surface area (Å²) < 4.78 is 48.9. The van der Waals surface area contributed by atoms with Crippen LogP contribution >= 0.6 is 0 Å². The van der Waals surface area contributed by atoms with E-state index in [0.29, 0.717) is 17.0 Å². The Kier molecular flexibility index (Phi) is 5.94. The number of nitrogens with one attached hydrogen (secondary N) is 1. The molecule has 0 amide bonds. The molecule has 0 bridgehead atoms. The van der Waals surface area contributed by atoms with E-state index < -0.39 is 10.0 Å². The molecule has 4 aromatic rings. The average molecular weight is 471 g/mol. The van der Waals surface area contributed by atoms with E-state index in [0.717, 1.165) is 60.9 Å². The van der Waals surface area contributed by atoms with Gasteiger partial charge in [-0.05, 0) is 74.7 Å². The Morgan fingerprint density at radius 2 is 2.09 bits per heavy atom. The number of likely N-dealkylation sites (tertiary alicyclic amines) is 1. The molecule has 1 unspecified atom stereocenters. The van der Waals surface area contributed by atoms with Gasteiger partial charge in [-0.3, -0.25) is 0 Å². The zero-order valence-corrected chi connectivity index (χ0v) is 19.3. The van der Waals surface area contributed by atoms with Gasteiger partial charge in [0.1, 0.15) is 5.82 Å². The first-order chi connectivity index (χ1) is 15.9. The van der Waals surface area contributed by atoms with Crippen LogP contribution in [0.4, 0.5) is 4.39 Å². The topological polar surface area (TPSA) is 80.4 Å². The molecule has 2 aromatic carbocycles. The Balaban J connectivity index is 1.11. The SMILES string of the molecule is Cn1ccc2cc(S(=O)(=O)NCC3CCN(CCCc4noc5cc(F)ccc45)C3)ccc21. The molecule has 0 saturated carbocycles. The molecule has 1 saturated heterocycles. The molecule has 2 aromatic heterocycles. The fourth-order valence-electron chi connectivity index (χ4n) is 4.63. The van der Waals surface area contributed by atoms with Crippen LogP contribution in [0.2, 0.25) is 0 Å². The summed E-state index contributed by atoms with van der Waals surface area (Å²) in [6.45, 7) is 3.16. The molecule has 0 spiro atoms. The van der Waals surface area contributed by atoms with Gasteiger partial charge < -0.3 is 14.0 Å². The van der Waals surface area contributed by atoms with Crippen molar-refractivity contribution in [1.82, 2.24) is 19.3 Å². The largest absolute Gasteiger partial charge is 0.356 e. The molecule has 9 heteroatoms. The maximum absolute atomic E-state index is 13.3. The number of fused-ring (bicyclic) bond motifs is 2. The van der Waals surface area contributed by atoms with Crippen LogP contribution < -0.4 is 4.72 Å². The maximum atomic E-state index is 13.3. The quantitative estimate of drug-likeness (QED) is 0.425. The van der Waals surface area contributed by atoms with Crippen molar-refractivity contribution in [3.8, 4) is 0 Å². The molecule has 1 N–H and O–H groups in total. The number of aromatic nitrogens is 2. The zero-order chi connectivity index (χ0) is 23.0. The van der Waals surface area contributed by atoms with Crippen LogP contribution in [0.15, 0.2) is 58.1 Å². The lowest BCUT2D eigenvalue weighted by Gasteiger charge is -2.16. The minimum Gasteiger partial charge on any atom is -0.356 e. The number of hydrogen-bond donors (Lipinski definition) is 1. The van der Waals surface area contributed by atoms with Crippen molar-refractivity contribution in [2.24, 2.45) is 13.0 Å². The molecular formula is C24H27FN4O3S. The highest BCUT2D eigenvalue weighted by atomic mass is 32.2. The first-order valence-corrected chi connectivity index (χ1v) is 12.7. The van der Waals surface area contributed by atoms with Gasteiger partial charge in [-0.15, -0.1) is 0 Å². The molecule has 1 aliphatic rings. The van der Waals surface area contributed by atoms with Crippen molar-refractivity contribution in [2.45, 2.75) is 24.2 Å². The fraction of sp³-hybridized carbons (Fsp3) is 0.375. The summed E-state index contributed by atoms with van der Waals surface area (Å²) in [6, 6.07) is 11.6. The van der Waals surface area contributed by atoms with E-state index in [1.165, 1.54) is 12.1 Å². The van der Waals surface area contributed by atoms with Crippen LogP contribution in [0.1, 0.15) is 18.5 Å². The minimum atomic E-state index is -3.54. The van der Waals surface area contributed by atoms with Crippen molar-refractivity contribution in [1.29, 1.82) is 0 Å². The summed E-state index contributed by atoms with van der Waals surface area (Å²) >= 11 is 0. The molecule has 5 rings (SSSR count). The highest BCUT2D eigenvalue weighted by Gasteiger charge is 2.24. The van der Waals surface area contributed by atoms with Crippen molar-refractivity contribution in [3.63, 3.8) is 0 Å². The molecule has 7 nitrogen and oxygen atoms in total. The number of sulfonamides is 1. The lowest BCUT2D eigenvalue weighted by molar-refractivity contribution is 0.318. The first-order valence-electron chi connectivity index (χ1n) is 11.2. The van der Waals surface area contributed by atoms with Crippen molar-refractivity contribution in [3.05, 3.63) is 60.2 Å². The Morgan fingerprint density at radius 1 is 1.21 bits per heavy atom. The molecular weight excluding hydrogens is 443 g/mol.